The minimum atomic E-state index is -1.53. The second-order valence-corrected chi connectivity index (χ2v) is 13.7. The van der Waals surface area contributed by atoms with Crippen molar-refractivity contribution in [1.82, 2.24) is 19.9 Å². The lowest BCUT2D eigenvalue weighted by molar-refractivity contribution is -0.140. The maximum absolute atomic E-state index is 11.8. The minimum absolute atomic E-state index is 0.687. The zero-order valence-electron chi connectivity index (χ0n) is 30.9. The summed E-state index contributed by atoms with van der Waals surface area (Å²) in [5.41, 5.74) is 13.5. The van der Waals surface area contributed by atoms with E-state index in [1.807, 2.05) is 127 Å². The number of aromatic amines is 2. The SMILES string of the molecule is O=C(O)C(=C/C=C/c1cc2[nH]c1c(-c1ccccc1)c1nc(c(-c3ccccc3)c3ccc([nH]3)c(-c3ccccc3)c3nc(c2-c2ccccc2)C=C3)C=C1)C(=O)O. The van der Waals surface area contributed by atoms with Crippen molar-refractivity contribution in [3.8, 4) is 44.5 Å². The summed E-state index contributed by atoms with van der Waals surface area (Å²) in [7, 11) is 0. The van der Waals surface area contributed by atoms with E-state index >= 15 is 0 Å². The van der Waals surface area contributed by atoms with Crippen LogP contribution in [-0.4, -0.2) is 42.1 Å². The average Bonchev–Trinajstić information content (AvgIpc) is 4.09. The van der Waals surface area contributed by atoms with Crippen LogP contribution in [0, 0.1) is 0 Å². The molecule has 0 aliphatic carbocycles. The molecule has 8 bridgehead atoms. The predicted molar refractivity (Wildman–Crippen MR) is 233 cm³/mol. The van der Waals surface area contributed by atoms with Crippen LogP contribution in [0.15, 0.2) is 157 Å². The number of carbonyl (C=O) groups is 2. The Morgan fingerprint density at radius 2 is 0.845 bits per heavy atom. The van der Waals surface area contributed by atoms with Gasteiger partial charge in [0.05, 0.1) is 28.3 Å². The van der Waals surface area contributed by atoms with E-state index in [0.717, 1.165) is 84.2 Å². The normalized spacial score (nSPS) is 11.9. The van der Waals surface area contributed by atoms with Gasteiger partial charge in [0, 0.05) is 44.4 Å². The molecule has 8 heteroatoms. The molecule has 0 unspecified atom stereocenters. The van der Waals surface area contributed by atoms with Gasteiger partial charge in [-0.3, -0.25) is 0 Å². The zero-order chi connectivity index (χ0) is 39.6. The smallest absolute Gasteiger partial charge is 0.343 e. The van der Waals surface area contributed by atoms with Gasteiger partial charge in [-0.05, 0) is 70.8 Å². The van der Waals surface area contributed by atoms with Gasteiger partial charge >= 0.3 is 11.9 Å². The van der Waals surface area contributed by atoms with Crippen LogP contribution >= 0.6 is 0 Å². The van der Waals surface area contributed by atoms with Gasteiger partial charge in [0.25, 0.3) is 0 Å². The number of hydrogen-bond donors (Lipinski definition) is 4. The Bertz CT molecular complexity index is 3020. The summed E-state index contributed by atoms with van der Waals surface area (Å²) in [6.45, 7) is 0. The number of aromatic nitrogens is 4. The van der Waals surface area contributed by atoms with Crippen molar-refractivity contribution in [2.45, 2.75) is 0 Å². The van der Waals surface area contributed by atoms with E-state index in [1.165, 1.54) is 6.08 Å². The molecule has 0 spiro atoms. The summed E-state index contributed by atoms with van der Waals surface area (Å²) in [4.78, 5) is 41.8. The molecule has 0 fully saturated rings. The molecule has 4 N–H and O–H groups in total. The largest absolute Gasteiger partial charge is 0.477 e. The number of carboxylic acid groups (broad SMARTS) is 2. The highest BCUT2D eigenvalue weighted by molar-refractivity contribution is 6.13. The second kappa shape index (κ2) is 15.2. The van der Waals surface area contributed by atoms with Crippen LogP contribution in [0.25, 0.3) is 97.0 Å². The number of allylic oxidation sites excluding steroid dienone is 2. The van der Waals surface area contributed by atoms with Crippen molar-refractivity contribution in [1.29, 1.82) is 0 Å². The molecule has 0 saturated heterocycles. The quantitative estimate of drug-likeness (QED) is 0.0528. The van der Waals surface area contributed by atoms with Crippen LogP contribution in [0.4, 0.5) is 0 Å². The Kier molecular flexibility index (Phi) is 9.33. The van der Waals surface area contributed by atoms with Crippen molar-refractivity contribution in [2.75, 3.05) is 0 Å². The third-order valence-corrected chi connectivity index (χ3v) is 10.1. The molecule has 2 aliphatic rings. The third kappa shape index (κ3) is 6.75. The van der Waals surface area contributed by atoms with Gasteiger partial charge < -0.3 is 20.2 Å². The summed E-state index contributed by atoms with van der Waals surface area (Å²) >= 11 is 0. The highest BCUT2D eigenvalue weighted by Gasteiger charge is 2.20. The highest BCUT2D eigenvalue weighted by Crippen LogP contribution is 2.39. The van der Waals surface area contributed by atoms with Crippen LogP contribution in [0.5, 0.6) is 0 Å². The molecule has 8 nitrogen and oxygen atoms in total. The Morgan fingerprint density at radius 1 is 0.466 bits per heavy atom. The van der Waals surface area contributed by atoms with Gasteiger partial charge in [-0.2, -0.15) is 0 Å². The topological polar surface area (TPSA) is 132 Å². The Hall–Kier alpha value is -8.10. The Labute approximate surface area is 333 Å². The number of benzene rings is 4. The summed E-state index contributed by atoms with van der Waals surface area (Å²) in [5.74, 6) is -3.06. The molecule has 0 radical (unpaired) electrons. The lowest BCUT2D eigenvalue weighted by Crippen LogP contribution is -2.10. The van der Waals surface area contributed by atoms with E-state index in [-0.39, 0.29) is 0 Å². The van der Waals surface area contributed by atoms with E-state index < -0.39 is 17.5 Å². The molecule has 3 aromatic heterocycles. The first kappa shape index (κ1) is 35.6. The minimum Gasteiger partial charge on any atom is -0.477 e. The molecular formula is C50H34N4O4. The molecule has 4 aromatic carbocycles. The van der Waals surface area contributed by atoms with Crippen molar-refractivity contribution in [2.24, 2.45) is 0 Å². The first-order valence-electron chi connectivity index (χ1n) is 18.7. The number of hydrogen-bond acceptors (Lipinski definition) is 4. The van der Waals surface area contributed by atoms with Crippen molar-refractivity contribution < 1.29 is 19.8 Å². The number of nitrogens with one attached hydrogen (secondary N) is 2. The first-order valence-corrected chi connectivity index (χ1v) is 18.7. The molecule has 0 atom stereocenters. The van der Waals surface area contributed by atoms with Crippen LogP contribution in [-0.2, 0) is 9.59 Å². The van der Waals surface area contributed by atoms with E-state index in [2.05, 4.69) is 46.4 Å². The second-order valence-electron chi connectivity index (χ2n) is 13.7. The highest BCUT2D eigenvalue weighted by atomic mass is 16.4. The lowest BCUT2D eigenvalue weighted by atomic mass is 10.0. The molecule has 9 rings (SSSR count). The molecule has 2 aliphatic heterocycles. The fourth-order valence-electron chi connectivity index (χ4n) is 7.56. The van der Waals surface area contributed by atoms with E-state index in [0.29, 0.717) is 16.8 Å². The first-order chi connectivity index (χ1) is 28.4. The van der Waals surface area contributed by atoms with Crippen LogP contribution in [0.1, 0.15) is 28.3 Å². The molecule has 0 saturated carbocycles. The summed E-state index contributed by atoms with van der Waals surface area (Å²) in [6.07, 6.45) is 12.4. The fourth-order valence-corrected chi connectivity index (χ4v) is 7.56. The predicted octanol–water partition coefficient (Wildman–Crippen LogP) is 11.4. The third-order valence-electron chi connectivity index (χ3n) is 10.1. The van der Waals surface area contributed by atoms with Gasteiger partial charge in [-0.25, -0.2) is 19.6 Å². The van der Waals surface area contributed by atoms with Crippen LogP contribution in [0.2, 0.25) is 0 Å². The van der Waals surface area contributed by atoms with Gasteiger partial charge in [0.2, 0.25) is 0 Å². The monoisotopic (exact) mass is 754 g/mol. The average molecular weight is 755 g/mol. The number of aliphatic carboxylic acids is 2. The summed E-state index contributed by atoms with van der Waals surface area (Å²) in [5, 5.41) is 19.2. The fraction of sp³-hybridized carbons (Fsp3) is 0. The maximum atomic E-state index is 11.8. The van der Waals surface area contributed by atoms with E-state index in [4.69, 9.17) is 9.97 Å². The van der Waals surface area contributed by atoms with Gasteiger partial charge in [-0.1, -0.05) is 133 Å². The lowest BCUT2D eigenvalue weighted by Gasteiger charge is -2.07. The number of H-pyrrole nitrogens is 2. The van der Waals surface area contributed by atoms with Gasteiger partial charge in [0.15, 0.2) is 0 Å². The van der Waals surface area contributed by atoms with Crippen molar-refractivity contribution >= 4 is 64.4 Å². The number of nitrogens with zero attached hydrogens (tertiary/aromatic N) is 2. The maximum Gasteiger partial charge on any atom is 0.343 e. The Morgan fingerprint density at radius 3 is 1.26 bits per heavy atom. The summed E-state index contributed by atoms with van der Waals surface area (Å²) in [6, 6.07) is 46.6. The molecule has 7 aromatic rings. The Balaban J connectivity index is 1.49. The molecular weight excluding hydrogens is 721 g/mol. The molecule has 278 valence electrons. The molecule has 5 heterocycles. The number of fused-ring (bicyclic) bond motifs is 8. The zero-order valence-corrected chi connectivity index (χ0v) is 30.9. The number of rotatable bonds is 8. The molecule has 0 amide bonds. The van der Waals surface area contributed by atoms with Gasteiger partial charge in [0.1, 0.15) is 5.57 Å². The summed E-state index contributed by atoms with van der Waals surface area (Å²) < 4.78 is 0. The standard InChI is InChI=1S/C50H34N4O4/c55-49(56)36(50(57)58)23-13-22-35-30-43-46(33-18-9-3-10-19-33)41-27-26-39(52-41)44(31-14-5-1-6-15-31)37-24-25-38(51-37)45(32-16-7-2-8-17-32)40-28-29-42(53-40)47(48(35)54-43)34-20-11-4-12-21-34/h1-30,51,54H,(H,55,56)(H,57,58)/b22-13+,44-37?,44-39?,45-38?,45-40?,46-41?,46-43?,47-42?,48-47?. The van der Waals surface area contributed by atoms with Crippen LogP contribution in [0.3, 0.4) is 0 Å². The van der Waals surface area contributed by atoms with E-state index in [1.54, 1.807) is 6.08 Å². The molecule has 58 heavy (non-hydrogen) atoms. The van der Waals surface area contributed by atoms with E-state index in [9.17, 15) is 19.8 Å². The van der Waals surface area contributed by atoms with Gasteiger partial charge in [-0.15, -0.1) is 0 Å². The van der Waals surface area contributed by atoms with Crippen molar-refractivity contribution in [3.63, 3.8) is 0 Å². The van der Waals surface area contributed by atoms with Crippen LogP contribution < -0.4 is 0 Å². The number of carboxylic acids is 2. The van der Waals surface area contributed by atoms with Crippen molar-refractivity contribution in [3.05, 3.63) is 186 Å².